The van der Waals surface area contributed by atoms with Crippen molar-refractivity contribution in [3.8, 4) is 0 Å². The van der Waals surface area contributed by atoms with Crippen LogP contribution in [0.5, 0.6) is 0 Å². The minimum Gasteiger partial charge on any atom is -0.472 e. The van der Waals surface area contributed by atoms with Gasteiger partial charge < -0.3 is 9.73 Å². The second kappa shape index (κ2) is 7.15. The van der Waals surface area contributed by atoms with Gasteiger partial charge in [0.05, 0.1) is 18.1 Å². The summed E-state index contributed by atoms with van der Waals surface area (Å²) in [7, 11) is 0. The molecule has 0 aliphatic carbocycles. The summed E-state index contributed by atoms with van der Waals surface area (Å²) in [6, 6.07) is 6.70. The Bertz CT molecular complexity index is 589. The molecule has 1 aromatic carbocycles. The number of alkyl halides is 3. The Balaban J connectivity index is 1.71. The summed E-state index contributed by atoms with van der Waals surface area (Å²) in [6.45, 7) is 0.505. The first-order valence-electron chi connectivity index (χ1n) is 6.89. The molecule has 0 saturated carbocycles. The van der Waals surface area contributed by atoms with Gasteiger partial charge in [0.2, 0.25) is 5.91 Å². The van der Waals surface area contributed by atoms with Crippen LogP contribution in [0.25, 0.3) is 0 Å². The highest BCUT2D eigenvalue weighted by Crippen LogP contribution is 2.29. The lowest BCUT2D eigenvalue weighted by atomic mass is 10.1. The standard InChI is InChI=1S/C16H16F3NO2/c17-16(18,19)14-4-1-12(2-5-14)3-6-15(21)20-9-7-13-8-10-22-11-13/h1-2,4-5,8,10-11H,3,6-7,9H2,(H,20,21). The first-order valence-corrected chi connectivity index (χ1v) is 6.89. The number of carbonyl (C=O) groups is 1. The fraction of sp³-hybridized carbons (Fsp3) is 0.312. The molecule has 0 aliphatic heterocycles. The largest absolute Gasteiger partial charge is 0.472 e. The van der Waals surface area contributed by atoms with E-state index in [1.54, 1.807) is 12.5 Å². The van der Waals surface area contributed by atoms with E-state index < -0.39 is 11.7 Å². The topological polar surface area (TPSA) is 42.2 Å². The summed E-state index contributed by atoms with van der Waals surface area (Å²) in [5, 5.41) is 2.77. The molecule has 2 rings (SSSR count). The van der Waals surface area contributed by atoms with Crippen molar-refractivity contribution >= 4 is 5.91 Å². The summed E-state index contributed by atoms with van der Waals surface area (Å²) in [4.78, 5) is 11.7. The Hall–Kier alpha value is -2.24. The highest BCUT2D eigenvalue weighted by molar-refractivity contribution is 5.76. The van der Waals surface area contributed by atoms with Crippen LogP contribution in [0.3, 0.4) is 0 Å². The summed E-state index contributed by atoms with van der Waals surface area (Å²) in [5.41, 5.74) is 1.03. The highest BCUT2D eigenvalue weighted by atomic mass is 19.4. The van der Waals surface area contributed by atoms with Gasteiger partial charge in [0.25, 0.3) is 0 Å². The van der Waals surface area contributed by atoms with Crippen LogP contribution in [-0.4, -0.2) is 12.5 Å². The maximum atomic E-state index is 12.4. The lowest BCUT2D eigenvalue weighted by Crippen LogP contribution is -2.25. The van der Waals surface area contributed by atoms with E-state index in [1.807, 2.05) is 6.07 Å². The predicted octanol–water partition coefficient (Wildman–Crippen LogP) is 3.59. The third-order valence-corrected chi connectivity index (χ3v) is 3.24. The van der Waals surface area contributed by atoms with E-state index in [1.165, 1.54) is 12.1 Å². The maximum absolute atomic E-state index is 12.4. The molecule has 1 N–H and O–H groups in total. The molecule has 0 saturated heterocycles. The normalized spacial score (nSPS) is 11.4. The maximum Gasteiger partial charge on any atom is 0.416 e. The molecule has 6 heteroatoms. The van der Waals surface area contributed by atoms with Crippen molar-refractivity contribution in [1.82, 2.24) is 5.32 Å². The van der Waals surface area contributed by atoms with E-state index >= 15 is 0 Å². The van der Waals surface area contributed by atoms with Crippen LogP contribution in [0, 0.1) is 0 Å². The predicted molar refractivity (Wildman–Crippen MR) is 75.2 cm³/mol. The molecule has 1 aromatic heterocycles. The van der Waals surface area contributed by atoms with E-state index in [9.17, 15) is 18.0 Å². The fourth-order valence-electron chi connectivity index (χ4n) is 1.99. The van der Waals surface area contributed by atoms with Gasteiger partial charge in [-0.05, 0) is 42.2 Å². The van der Waals surface area contributed by atoms with Crippen molar-refractivity contribution in [3.63, 3.8) is 0 Å². The van der Waals surface area contributed by atoms with E-state index in [0.717, 1.165) is 17.7 Å². The minimum absolute atomic E-state index is 0.122. The smallest absolute Gasteiger partial charge is 0.416 e. The lowest BCUT2D eigenvalue weighted by Gasteiger charge is -2.08. The molecule has 1 heterocycles. The molecular formula is C16H16F3NO2. The van der Waals surface area contributed by atoms with Crippen molar-refractivity contribution in [2.45, 2.75) is 25.4 Å². The van der Waals surface area contributed by atoms with E-state index in [0.29, 0.717) is 24.9 Å². The lowest BCUT2D eigenvalue weighted by molar-refractivity contribution is -0.137. The Morgan fingerprint density at radius 2 is 1.77 bits per heavy atom. The summed E-state index contributed by atoms with van der Waals surface area (Å²) < 4.78 is 42.2. The summed E-state index contributed by atoms with van der Waals surface area (Å²) >= 11 is 0. The van der Waals surface area contributed by atoms with Crippen molar-refractivity contribution in [1.29, 1.82) is 0 Å². The summed E-state index contributed by atoms with van der Waals surface area (Å²) in [6.07, 6.45) is 0.202. The number of furan rings is 1. The zero-order chi connectivity index (χ0) is 16.0. The Kier molecular flexibility index (Phi) is 5.25. The third kappa shape index (κ3) is 4.95. The first-order chi connectivity index (χ1) is 10.4. The highest BCUT2D eigenvalue weighted by Gasteiger charge is 2.29. The van der Waals surface area contributed by atoms with Crippen LogP contribution in [0.1, 0.15) is 23.1 Å². The molecule has 22 heavy (non-hydrogen) atoms. The van der Waals surface area contributed by atoms with Crippen LogP contribution >= 0.6 is 0 Å². The van der Waals surface area contributed by atoms with Gasteiger partial charge in [0.1, 0.15) is 0 Å². The van der Waals surface area contributed by atoms with Crippen LogP contribution in [0.2, 0.25) is 0 Å². The summed E-state index contributed by atoms with van der Waals surface area (Å²) in [5.74, 6) is -0.122. The van der Waals surface area contributed by atoms with Crippen molar-refractivity contribution in [2.75, 3.05) is 6.54 Å². The zero-order valence-corrected chi connectivity index (χ0v) is 11.8. The average Bonchev–Trinajstić information content (AvgIpc) is 2.98. The molecule has 0 spiro atoms. The second-order valence-corrected chi connectivity index (χ2v) is 4.93. The number of aryl methyl sites for hydroxylation is 1. The van der Waals surface area contributed by atoms with Gasteiger partial charge in [0.15, 0.2) is 0 Å². The number of nitrogens with one attached hydrogen (secondary N) is 1. The van der Waals surface area contributed by atoms with Gasteiger partial charge in [-0.15, -0.1) is 0 Å². The number of hydrogen-bond donors (Lipinski definition) is 1. The molecule has 0 fully saturated rings. The monoisotopic (exact) mass is 311 g/mol. The van der Waals surface area contributed by atoms with Gasteiger partial charge in [-0.25, -0.2) is 0 Å². The van der Waals surface area contributed by atoms with Gasteiger partial charge in [-0.1, -0.05) is 12.1 Å². The number of carbonyl (C=O) groups excluding carboxylic acids is 1. The van der Waals surface area contributed by atoms with Crippen LogP contribution < -0.4 is 5.32 Å². The number of halogens is 3. The number of rotatable bonds is 6. The molecular weight excluding hydrogens is 295 g/mol. The van der Waals surface area contributed by atoms with Crippen LogP contribution in [0.15, 0.2) is 47.3 Å². The molecule has 0 radical (unpaired) electrons. The number of hydrogen-bond acceptors (Lipinski definition) is 2. The molecule has 0 unspecified atom stereocenters. The zero-order valence-electron chi connectivity index (χ0n) is 11.8. The molecule has 3 nitrogen and oxygen atoms in total. The van der Waals surface area contributed by atoms with Gasteiger partial charge in [0, 0.05) is 13.0 Å². The number of benzene rings is 1. The van der Waals surface area contributed by atoms with E-state index in [2.05, 4.69) is 5.32 Å². The molecule has 0 atom stereocenters. The molecule has 2 aromatic rings. The van der Waals surface area contributed by atoms with Crippen LogP contribution in [0.4, 0.5) is 13.2 Å². The van der Waals surface area contributed by atoms with Crippen molar-refractivity contribution in [3.05, 3.63) is 59.5 Å². The Labute approximate surface area is 126 Å². The van der Waals surface area contributed by atoms with Crippen molar-refractivity contribution < 1.29 is 22.4 Å². The minimum atomic E-state index is -4.33. The Morgan fingerprint density at radius 1 is 1.05 bits per heavy atom. The third-order valence-electron chi connectivity index (χ3n) is 3.24. The SMILES string of the molecule is O=C(CCc1ccc(C(F)(F)F)cc1)NCCc1ccoc1. The van der Waals surface area contributed by atoms with E-state index in [4.69, 9.17) is 4.42 Å². The molecule has 118 valence electrons. The first kappa shape index (κ1) is 16.1. The van der Waals surface area contributed by atoms with Crippen molar-refractivity contribution in [2.24, 2.45) is 0 Å². The molecule has 0 bridgehead atoms. The van der Waals surface area contributed by atoms with Gasteiger partial charge >= 0.3 is 6.18 Å². The Morgan fingerprint density at radius 3 is 2.36 bits per heavy atom. The van der Waals surface area contributed by atoms with Gasteiger partial charge in [-0.2, -0.15) is 13.2 Å². The fourth-order valence-corrected chi connectivity index (χ4v) is 1.99. The quantitative estimate of drug-likeness (QED) is 0.886. The number of amides is 1. The second-order valence-electron chi connectivity index (χ2n) is 4.93. The molecule has 0 aliphatic rings. The molecule has 1 amide bonds. The van der Waals surface area contributed by atoms with Gasteiger partial charge in [-0.3, -0.25) is 4.79 Å². The van der Waals surface area contributed by atoms with E-state index in [-0.39, 0.29) is 12.3 Å². The average molecular weight is 311 g/mol. The van der Waals surface area contributed by atoms with Crippen LogP contribution in [-0.2, 0) is 23.8 Å².